The Balaban J connectivity index is 1.96. The fourth-order valence-electron chi connectivity index (χ4n) is 1.74. The number of aromatic nitrogens is 2. The second-order valence-corrected chi connectivity index (χ2v) is 5.52. The van der Waals surface area contributed by atoms with Crippen LogP contribution in [0.25, 0.3) is 0 Å². The van der Waals surface area contributed by atoms with Crippen LogP contribution in [0.1, 0.15) is 0 Å². The van der Waals surface area contributed by atoms with Crippen molar-refractivity contribution in [1.82, 2.24) is 9.78 Å². The number of halogens is 1. The minimum Gasteiger partial charge on any atom is -0.383 e. The van der Waals surface area contributed by atoms with Crippen LogP contribution in [0.5, 0.6) is 0 Å². The fourth-order valence-corrected chi connectivity index (χ4v) is 2.14. The van der Waals surface area contributed by atoms with Gasteiger partial charge in [-0.15, -0.1) is 0 Å². The van der Waals surface area contributed by atoms with Crippen LogP contribution in [0.2, 0.25) is 0 Å². The smallest absolute Gasteiger partial charge is 0.268 e. The molecule has 0 aliphatic heterocycles. The van der Waals surface area contributed by atoms with Crippen molar-refractivity contribution in [3.05, 3.63) is 51.4 Å². The Bertz CT molecular complexity index is 639. The van der Waals surface area contributed by atoms with E-state index in [4.69, 9.17) is 0 Å². The van der Waals surface area contributed by atoms with Gasteiger partial charge in [0.2, 0.25) is 0 Å². The van der Waals surface area contributed by atoms with Gasteiger partial charge in [-0.1, -0.05) is 22.0 Å². The number of benzene rings is 1. The second kappa shape index (κ2) is 6.56. The van der Waals surface area contributed by atoms with Gasteiger partial charge in [-0.2, -0.15) is 5.10 Å². The Morgan fingerprint density at radius 3 is 2.80 bits per heavy atom. The molecule has 1 heterocycles. The van der Waals surface area contributed by atoms with E-state index in [1.807, 2.05) is 43.3 Å². The van der Waals surface area contributed by atoms with E-state index in [0.717, 1.165) is 15.8 Å². The lowest BCUT2D eigenvalue weighted by Crippen LogP contribution is -2.26. The van der Waals surface area contributed by atoms with E-state index >= 15 is 0 Å². The van der Waals surface area contributed by atoms with Gasteiger partial charge in [0.15, 0.2) is 0 Å². The summed E-state index contributed by atoms with van der Waals surface area (Å²) in [5.41, 5.74) is 1.73. The molecule has 2 aromatic rings. The minimum absolute atomic E-state index is 0.0905. The quantitative estimate of drug-likeness (QED) is 0.909. The predicted octanol–water partition coefficient (Wildman–Crippen LogP) is 2.18. The molecular weight excluding hydrogens is 320 g/mol. The van der Waals surface area contributed by atoms with Crippen LogP contribution in [0.15, 0.2) is 45.8 Å². The maximum atomic E-state index is 11.9. The van der Waals surface area contributed by atoms with E-state index in [0.29, 0.717) is 13.1 Å². The Kier molecular flexibility index (Phi) is 4.79. The summed E-state index contributed by atoms with van der Waals surface area (Å²) >= 11 is 3.42. The number of rotatable bonds is 5. The van der Waals surface area contributed by atoms with Gasteiger partial charge >= 0.3 is 0 Å². The van der Waals surface area contributed by atoms with E-state index < -0.39 is 0 Å². The molecule has 0 saturated carbocycles. The molecule has 0 spiro atoms. The van der Waals surface area contributed by atoms with Crippen molar-refractivity contribution in [3.63, 3.8) is 0 Å². The summed E-state index contributed by atoms with van der Waals surface area (Å²) in [6.45, 7) is 1.17. The number of hydrogen-bond donors (Lipinski definition) is 1. The molecule has 0 unspecified atom stereocenters. The average Bonchev–Trinajstić information content (AvgIpc) is 2.40. The zero-order valence-electron chi connectivity index (χ0n) is 11.5. The van der Waals surface area contributed by atoms with Gasteiger partial charge in [0.1, 0.15) is 0 Å². The van der Waals surface area contributed by atoms with Crippen LogP contribution in [-0.4, -0.2) is 30.4 Å². The molecule has 2 rings (SSSR count). The van der Waals surface area contributed by atoms with Crippen LogP contribution < -0.4 is 15.8 Å². The first-order chi connectivity index (χ1) is 9.56. The number of nitrogens with one attached hydrogen (secondary N) is 1. The van der Waals surface area contributed by atoms with E-state index in [2.05, 4.69) is 26.3 Å². The Hall–Kier alpha value is -1.82. The molecule has 0 atom stereocenters. The van der Waals surface area contributed by atoms with Gasteiger partial charge in [-0.05, 0) is 18.2 Å². The van der Waals surface area contributed by atoms with Crippen molar-refractivity contribution in [2.75, 3.05) is 30.9 Å². The lowest BCUT2D eigenvalue weighted by Gasteiger charge is -2.12. The number of nitrogens with zero attached hydrogens (tertiary/aromatic N) is 3. The largest absolute Gasteiger partial charge is 0.383 e. The molecule has 0 radical (unpaired) electrons. The molecule has 1 N–H and O–H groups in total. The predicted molar refractivity (Wildman–Crippen MR) is 85.5 cm³/mol. The summed E-state index contributed by atoms with van der Waals surface area (Å²) in [5.74, 6) is 0. The van der Waals surface area contributed by atoms with Crippen molar-refractivity contribution in [2.45, 2.75) is 6.54 Å². The summed E-state index contributed by atoms with van der Waals surface area (Å²) in [5, 5.41) is 7.42. The summed E-state index contributed by atoms with van der Waals surface area (Å²) in [6, 6.07) is 9.49. The Morgan fingerprint density at radius 1 is 1.35 bits per heavy atom. The third kappa shape index (κ3) is 3.84. The van der Waals surface area contributed by atoms with Gasteiger partial charge in [0.25, 0.3) is 5.56 Å². The molecule has 0 saturated heterocycles. The molecule has 0 aliphatic rings. The second-order valence-electron chi connectivity index (χ2n) is 4.61. The lowest BCUT2D eigenvalue weighted by atomic mass is 10.3. The van der Waals surface area contributed by atoms with Gasteiger partial charge in [-0.25, -0.2) is 4.68 Å². The molecule has 0 fully saturated rings. The van der Waals surface area contributed by atoms with Crippen LogP contribution in [0.4, 0.5) is 11.4 Å². The van der Waals surface area contributed by atoms with Crippen molar-refractivity contribution in [3.8, 4) is 0 Å². The van der Waals surface area contributed by atoms with Crippen molar-refractivity contribution < 1.29 is 0 Å². The number of anilines is 2. The molecule has 106 valence electrons. The molecule has 1 aromatic carbocycles. The highest BCUT2D eigenvalue weighted by atomic mass is 79.9. The standard InChI is InChI=1S/C14H17BrN4O/c1-18(2)13-9-14(20)19(17-10-13)7-6-16-12-5-3-4-11(15)8-12/h3-5,8-10,16H,6-7H2,1-2H3. The molecule has 6 heteroatoms. The maximum absolute atomic E-state index is 11.9. The monoisotopic (exact) mass is 336 g/mol. The van der Waals surface area contributed by atoms with Crippen LogP contribution in [-0.2, 0) is 6.54 Å². The number of hydrogen-bond acceptors (Lipinski definition) is 4. The SMILES string of the molecule is CN(C)c1cnn(CCNc2cccc(Br)c2)c(=O)c1. The van der Waals surface area contributed by atoms with Gasteiger partial charge < -0.3 is 10.2 Å². The summed E-state index contributed by atoms with van der Waals surface area (Å²) < 4.78 is 2.48. The van der Waals surface area contributed by atoms with Crippen LogP contribution in [0.3, 0.4) is 0 Å². The molecule has 0 bridgehead atoms. The zero-order valence-corrected chi connectivity index (χ0v) is 13.1. The van der Waals surface area contributed by atoms with Gasteiger partial charge in [-0.3, -0.25) is 4.79 Å². The molecule has 0 aliphatic carbocycles. The average molecular weight is 337 g/mol. The molecular formula is C14H17BrN4O. The summed E-state index contributed by atoms with van der Waals surface area (Å²) in [7, 11) is 3.77. The first-order valence-corrected chi connectivity index (χ1v) is 7.09. The summed E-state index contributed by atoms with van der Waals surface area (Å²) in [6.07, 6.45) is 1.69. The van der Waals surface area contributed by atoms with E-state index in [-0.39, 0.29) is 5.56 Å². The van der Waals surface area contributed by atoms with Crippen molar-refractivity contribution in [2.24, 2.45) is 0 Å². The fraction of sp³-hybridized carbons (Fsp3) is 0.286. The Morgan fingerprint density at radius 2 is 2.15 bits per heavy atom. The molecule has 0 amide bonds. The van der Waals surface area contributed by atoms with Gasteiger partial charge in [0, 0.05) is 36.9 Å². The zero-order chi connectivity index (χ0) is 14.5. The highest BCUT2D eigenvalue weighted by molar-refractivity contribution is 9.10. The van der Waals surface area contributed by atoms with Gasteiger partial charge in [0.05, 0.1) is 18.4 Å². The maximum Gasteiger partial charge on any atom is 0.268 e. The van der Waals surface area contributed by atoms with E-state index in [9.17, 15) is 4.79 Å². The third-order valence-corrected chi connectivity index (χ3v) is 3.34. The highest BCUT2D eigenvalue weighted by Crippen LogP contribution is 2.15. The first-order valence-electron chi connectivity index (χ1n) is 6.30. The Labute approximate surface area is 126 Å². The van der Waals surface area contributed by atoms with Crippen molar-refractivity contribution >= 4 is 27.3 Å². The first kappa shape index (κ1) is 14.6. The molecule has 20 heavy (non-hydrogen) atoms. The van der Waals surface area contributed by atoms with Crippen molar-refractivity contribution in [1.29, 1.82) is 0 Å². The molecule has 1 aromatic heterocycles. The minimum atomic E-state index is -0.0905. The normalized spacial score (nSPS) is 10.3. The van der Waals surface area contributed by atoms with Crippen LogP contribution >= 0.6 is 15.9 Å². The highest BCUT2D eigenvalue weighted by Gasteiger charge is 2.01. The van der Waals surface area contributed by atoms with Crippen LogP contribution in [0, 0.1) is 0 Å². The summed E-state index contributed by atoms with van der Waals surface area (Å²) in [4.78, 5) is 13.7. The third-order valence-electron chi connectivity index (χ3n) is 2.85. The van der Waals surface area contributed by atoms with E-state index in [1.54, 1.807) is 12.3 Å². The lowest BCUT2D eigenvalue weighted by molar-refractivity contribution is 0.597. The van der Waals surface area contributed by atoms with E-state index in [1.165, 1.54) is 4.68 Å². The topological polar surface area (TPSA) is 50.2 Å². The molecule has 5 nitrogen and oxygen atoms in total.